The Morgan fingerprint density at radius 1 is 0.660 bits per heavy atom. The average molecular weight is 719 g/mol. The van der Waals surface area contributed by atoms with Gasteiger partial charge in [0.05, 0.1) is 41.5 Å². The third-order valence-electron chi connectivity index (χ3n) is 9.94. The molecule has 14 heteroatoms. The van der Waals surface area contributed by atoms with Crippen LogP contribution in [0, 0.1) is 0 Å². The summed E-state index contributed by atoms with van der Waals surface area (Å²) in [5.41, 5.74) is 2.47. The minimum Gasteiger partial charge on any atom is -0.478 e. The van der Waals surface area contributed by atoms with E-state index in [-0.39, 0.29) is 35.8 Å². The molecule has 4 heterocycles. The van der Waals surface area contributed by atoms with Gasteiger partial charge < -0.3 is 39.8 Å². The second-order valence-electron chi connectivity index (χ2n) is 13.4. The number of carbonyl (C=O) groups is 2. The fraction of sp³-hybridized carbons (Fsp3) is 0.333. The van der Waals surface area contributed by atoms with Crippen LogP contribution in [0.15, 0.2) is 85.5 Å². The van der Waals surface area contributed by atoms with Gasteiger partial charge in [-0.15, -0.1) is 0 Å². The van der Waals surface area contributed by atoms with Crippen LogP contribution in [-0.4, -0.2) is 87.7 Å². The summed E-state index contributed by atoms with van der Waals surface area (Å²) >= 11 is 0. The number of aromatic nitrogens is 6. The first-order valence-corrected chi connectivity index (χ1v) is 17.8. The number of fused-ring (bicyclic) bond motifs is 2. The number of hydrogen-bond donors (Lipinski definition) is 5. The first-order valence-electron chi connectivity index (χ1n) is 17.8. The lowest BCUT2D eigenvalue weighted by Gasteiger charge is -2.26. The molecule has 2 aliphatic carbocycles. The summed E-state index contributed by atoms with van der Waals surface area (Å²) in [4.78, 5) is 41.2. The maximum Gasteiger partial charge on any atom is 0.338 e. The van der Waals surface area contributed by atoms with Crippen LogP contribution < -0.4 is 10.6 Å². The van der Waals surface area contributed by atoms with Crippen molar-refractivity contribution in [1.82, 2.24) is 29.1 Å². The Morgan fingerprint density at radius 2 is 1.11 bits per heavy atom. The first kappa shape index (κ1) is 35.5. The number of nitrogens with zero attached hydrogens (tertiary/aromatic N) is 6. The van der Waals surface area contributed by atoms with E-state index in [0.717, 1.165) is 73.6 Å². The molecule has 2 saturated carbocycles. The molecule has 4 aromatic heterocycles. The van der Waals surface area contributed by atoms with Gasteiger partial charge in [0.25, 0.3) is 0 Å². The number of rotatable bonds is 8. The summed E-state index contributed by atoms with van der Waals surface area (Å²) in [6.07, 6.45) is 13.5. The molecule has 0 spiro atoms. The van der Waals surface area contributed by atoms with Gasteiger partial charge in [-0.25, -0.2) is 19.6 Å². The van der Waals surface area contributed by atoms with E-state index in [9.17, 15) is 24.9 Å². The van der Waals surface area contributed by atoms with Crippen molar-refractivity contribution < 1.29 is 29.6 Å². The van der Waals surface area contributed by atoms with Crippen LogP contribution in [0.4, 0.5) is 11.9 Å². The molecule has 2 aliphatic rings. The summed E-state index contributed by atoms with van der Waals surface area (Å²) in [7, 11) is 1.38. The number of hydrogen-bond acceptors (Lipinski definition) is 11. The Morgan fingerprint density at radius 3 is 1.57 bits per heavy atom. The molecule has 2 fully saturated rings. The van der Waals surface area contributed by atoms with Crippen LogP contribution >= 0.6 is 0 Å². The van der Waals surface area contributed by atoms with Gasteiger partial charge in [0, 0.05) is 47.6 Å². The second-order valence-corrected chi connectivity index (χ2v) is 13.4. The van der Waals surface area contributed by atoms with Crippen LogP contribution in [-0.2, 0) is 4.74 Å². The summed E-state index contributed by atoms with van der Waals surface area (Å²) in [6, 6.07) is 18.6. The average Bonchev–Trinajstić information content (AvgIpc) is 3.82. The maximum absolute atomic E-state index is 12.0. The number of aromatic carboxylic acids is 1. The molecule has 2 aromatic carbocycles. The van der Waals surface area contributed by atoms with Crippen LogP contribution in [0.5, 0.6) is 0 Å². The number of aliphatic hydroxyl groups is 2. The lowest BCUT2D eigenvalue weighted by atomic mass is 9.93. The Kier molecular flexibility index (Phi) is 10.6. The monoisotopic (exact) mass is 718 g/mol. The highest BCUT2D eigenvalue weighted by atomic mass is 16.5. The zero-order valence-corrected chi connectivity index (χ0v) is 29.3. The van der Waals surface area contributed by atoms with Crippen molar-refractivity contribution in [2.45, 2.75) is 75.7 Å². The largest absolute Gasteiger partial charge is 0.478 e. The molecule has 0 aliphatic heterocycles. The van der Waals surface area contributed by atoms with Crippen LogP contribution in [0.3, 0.4) is 0 Å². The highest BCUT2D eigenvalue weighted by Gasteiger charge is 2.22. The van der Waals surface area contributed by atoms with Gasteiger partial charge in [0.1, 0.15) is 11.6 Å². The molecule has 14 nitrogen and oxygen atoms in total. The number of aliphatic hydroxyl groups excluding tert-OH is 2. The Balaban J connectivity index is 0.000000164. The predicted molar refractivity (Wildman–Crippen MR) is 200 cm³/mol. The van der Waals surface area contributed by atoms with Crippen molar-refractivity contribution in [3.05, 3.63) is 96.6 Å². The summed E-state index contributed by atoms with van der Waals surface area (Å²) in [5, 5.41) is 36.8. The summed E-state index contributed by atoms with van der Waals surface area (Å²) < 4.78 is 8.66. The van der Waals surface area contributed by atoms with Gasteiger partial charge in [0.2, 0.25) is 11.9 Å². The number of nitrogens with one attached hydrogen (secondary N) is 2. The van der Waals surface area contributed by atoms with Crippen LogP contribution in [0.25, 0.3) is 33.4 Å². The Bertz CT molecular complexity index is 2220. The quantitative estimate of drug-likeness (QED) is 0.120. The topological polar surface area (TPSA) is 190 Å². The van der Waals surface area contributed by atoms with Gasteiger partial charge in [-0.2, -0.15) is 9.97 Å². The predicted octanol–water partition coefficient (Wildman–Crippen LogP) is 5.76. The fourth-order valence-electron chi connectivity index (χ4n) is 7.12. The van der Waals surface area contributed by atoms with Crippen molar-refractivity contribution in [3.8, 4) is 11.6 Å². The SMILES string of the molecule is COC(=O)c1cccc2c1ccn2-c1ccnc(NC2CCC(O)CC2)n1.O=C(O)c1cccc2c1ccn2-c1ccnc(NC2CCC(O)CC2)n1. The number of esters is 1. The molecular formula is C39H42N8O6. The van der Waals surface area contributed by atoms with Crippen molar-refractivity contribution in [2.75, 3.05) is 17.7 Å². The number of carboxylic acids is 1. The maximum atomic E-state index is 12.0. The summed E-state index contributed by atoms with van der Waals surface area (Å²) in [5.74, 6) is 1.21. The molecule has 6 aromatic rings. The number of benzene rings is 2. The number of anilines is 2. The third kappa shape index (κ3) is 7.98. The Labute approximate surface area is 305 Å². The zero-order chi connectivity index (χ0) is 36.9. The first-order chi connectivity index (χ1) is 25.8. The number of carboxylic acid groups (broad SMARTS) is 1. The summed E-state index contributed by atoms with van der Waals surface area (Å²) in [6.45, 7) is 0. The highest BCUT2D eigenvalue weighted by molar-refractivity contribution is 6.04. The van der Waals surface area contributed by atoms with Gasteiger partial charge in [-0.3, -0.25) is 0 Å². The lowest BCUT2D eigenvalue weighted by molar-refractivity contribution is 0.0602. The van der Waals surface area contributed by atoms with E-state index in [2.05, 4.69) is 30.6 Å². The molecule has 8 rings (SSSR count). The van der Waals surface area contributed by atoms with Crippen molar-refractivity contribution >= 4 is 45.6 Å². The van der Waals surface area contributed by atoms with Gasteiger partial charge >= 0.3 is 11.9 Å². The van der Waals surface area contributed by atoms with Gasteiger partial charge in [-0.1, -0.05) is 12.1 Å². The molecule has 0 atom stereocenters. The van der Waals surface area contributed by atoms with Crippen molar-refractivity contribution in [1.29, 1.82) is 0 Å². The van der Waals surface area contributed by atoms with Crippen LogP contribution in [0.1, 0.15) is 72.1 Å². The van der Waals surface area contributed by atoms with Gasteiger partial charge in [-0.05, 0) is 99.9 Å². The number of methoxy groups -OCH3 is 1. The van der Waals surface area contributed by atoms with E-state index in [1.165, 1.54) is 7.11 Å². The van der Waals surface area contributed by atoms with Crippen LogP contribution in [0.2, 0.25) is 0 Å². The minimum absolute atomic E-state index is 0.189. The van der Waals surface area contributed by atoms with Crippen molar-refractivity contribution in [2.24, 2.45) is 0 Å². The van der Waals surface area contributed by atoms with E-state index in [1.807, 2.05) is 51.9 Å². The molecule has 0 radical (unpaired) electrons. The van der Waals surface area contributed by atoms with E-state index in [0.29, 0.717) is 28.7 Å². The molecular weight excluding hydrogens is 676 g/mol. The highest BCUT2D eigenvalue weighted by Crippen LogP contribution is 2.27. The van der Waals surface area contributed by atoms with E-state index < -0.39 is 5.97 Å². The number of carbonyl (C=O) groups excluding carboxylic acids is 1. The standard InChI is InChI=1S/C20H22N4O3.C19H20N4O3/c1-27-19(26)16-3-2-4-17-15(16)10-12-24(17)18-9-11-21-20(23-18)22-13-5-7-14(25)8-6-13;24-13-6-4-12(5-7-13)21-19-20-10-8-17(22-19)23-11-9-14-15(18(25)26)2-1-3-16(14)23/h2-4,9-14,25H,5-8H2,1H3,(H,21,22,23);1-3,8-13,24H,4-7H2,(H,25,26)(H,20,21,22). The molecule has 0 bridgehead atoms. The number of ether oxygens (including phenoxy) is 1. The van der Waals surface area contributed by atoms with Crippen molar-refractivity contribution in [3.63, 3.8) is 0 Å². The van der Waals surface area contributed by atoms with Gasteiger partial charge in [0.15, 0.2) is 0 Å². The van der Waals surface area contributed by atoms with E-state index >= 15 is 0 Å². The molecule has 274 valence electrons. The molecule has 5 N–H and O–H groups in total. The van der Waals surface area contributed by atoms with E-state index in [1.54, 1.807) is 42.7 Å². The molecule has 0 saturated heterocycles. The fourth-order valence-corrected chi connectivity index (χ4v) is 7.12. The lowest BCUT2D eigenvalue weighted by Crippen LogP contribution is -2.29. The smallest absolute Gasteiger partial charge is 0.338 e. The second kappa shape index (κ2) is 15.8. The van der Waals surface area contributed by atoms with E-state index in [4.69, 9.17) is 4.74 Å². The Hall–Kier alpha value is -5.86. The minimum atomic E-state index is -0.946. The molecule has 0 amide bonds. The third-order valence-corrected chi connectivity index (χ3v) is 9.94. The zero-order valence-electron chi connectivity index (χ0n) is 29.3. The molecule has 0 unspecified atom stereocenters. The normalized spacial score (nSPS) is 20.0. The molecule has 53 heavy (non-hydrogen) atoms.